The van der Waals surface area contributed by atoms with Gasteiger partial charge in [-0.1, -0.05) is 25.1 Å². The molecule has 0 aliphatic heterocycles. The van der Waals surface area contributed by atoms with Crippen molar-refractivity contribution in [3.05, 3.63) is 51.7 Å². The van der Waals surface area contributed by atoms with Crippen LogP contribution in [0, 0.1) is 5.92 Å². The molecule has 0 saturated carbocycles. The summed E-state index contributed by atoms with van der Waals surface area (Å²) in [7, 11) is 1.69. The highest BCUT2D eigenvalue weighted by Crippen LogP contribution is 2.25. The Bertz CT molecular complexity index is 533. The first-order valence-corrected chi connectivity index (χ1v) is 7.88. The molecule has 1 N–H and O–H groups in total. The zero-order valence-electron chi connectivity index (χ0n) is 12.1. The van der Waals surface area contributed by atoms with Crippen molar-refractivity contribution in [2.45, 2.75) is 26.2 Å². The Kier molecular flexibility index (Phi) is 5.62. The van der Waals surface area contributed by atoms with Gasteiger partial charge in [0.1, 0.15) is 5.75 Å². The van der Waals surface area contributed by atoms with Gasteiger partial charge in [-0.2, -0.15) is 0 Å². The number of aliphatic hydroxyl groups is 1. The number of benzene rings is 1. The van der Waals surface area contributed by atoms with Gasteiger partial charge in [0, 0.05) is 16.4 Å². The molecule has 2 nitrogen and oxygen atoms in total. The lowest BCUT2D eigenvalue weighted by atomic mass is 9.95. The van der Waals surface area contributed by atoms with Crippen molar-refractivity contribution >= 4 is 11.3 Å². The Morgan fingerprint density at radius 1 is 1.10 bits per heavy atom. The zero-order valence-corrected chi connectivity index (χ0v) is 13.0. The predicted octanol–water partition coefficient (Wildman–Crippen LogP) is 3.71. The minimum atomic E-state index is 0.206. The molecule has 1 aromatic carbocycles. The highest BCUT2D eigenvalue weighted by Gasteiger charge is 2.13. The second kappa shape index (κ2) is 7.46. The van der Waals surface area contributed by atoms with Crippen LogP contribution < -0.4 is 4.74 Å². The van der Waals surface area contributed by atoms with Crippen molar-refractivity contribution in [3.63, 3.8) is 0 Å². The largest absolute Gasteiger partial charge is 0.496 e. The maximum atomic E-state index is 9.64. The van der Waals surface area contributed by atoms with Crippen LogP contribution in [0.15, 0.2) is 36.4 Å². The number of ether oxygens (including phenoxy) is 1. The van der Waals surface area contributed by atoms with Gasteiger partial charge >= 0.3 is 0 Å². The summed E-state index contributed by atoms with van der Waals surface area (Å²) in [6.07, 6.45) is 2.86. The number of aryl methyl sites for hydroxylation is 1. The predicted molar refractivity (Wildman–Crippen MR) is 84.7 cm³/mol. The molecule has 0 amide bonds. The summed E-state index contributed by atoms with van der Waals surface area (Å²) in [5.74, 6) is 1.15. The maximum absolute atomic E-state index is 9.64. The van der Waals surface area contributed by atoms with E-state index in [0.29, 0.717) is 0 Å². The average Bonchev–Trinajstić information content (AvgIpc) is 2.94. The van der Waals surface area contributed by atoms with Crippen LogP contribution >= 0.6 is 11.3 Å². The van der Waals surface area contributed by atoms with Crippen molar-refractivity contribution in [1.29, 1.82) is 0 Å². The summed E-state index contributed by atoms with van der Waals surface area (Å²) in [6, 6.07) is 12.4. The Labute approximate surface area is 125 Å². The van der Waals surface area contributed by atoms with Gasteiger partial charge in [-0.3, -0.25) is 0 Å². The van der Waals surface area contributed by atoms with Gasteiger partial charge in [-0.05, 0) is 48.9 Å². The fraction of sp³-hybridized carbons (Fsp3) is 0.412. The minimum Gasteiger partial charge on any atom is -0.496 e. The Morgan fingerprint density at radius 3 is 2.50 bits per heavy atom. The third kappa shape index (κ3) is 3.84. The first kappa shape index (κ1) is 15.1. The molecule has 1 atom stereocenters. The molecule has 0 spiro atoms. The summed E-state index contributed by atoms with van der Waals surface area (Å²) in [6.45, 7) is 2.38. The summed E-state index contributed by atoms with van der Waals surface area (Å²) in [5.41, 5.74) is 1.17. The Morgan fingerprint density at radius 2 is 1.85 bits per heavy atom. The topological polar surface area (TPSA) is 29.5 Å². The van der Waals surface area contributed by atoms with E-state index in [9.17, 15) is 5.11 Å². The molecule has 0 fully saturated rings. The fourth-order valence-electron chi connectivity index (χ4n) is 2.39. The molecule has 3 heteroatoms. The zero-order chi connectivity index (χ0) is 14.4. The van der Waals surface area contributed by atoms with E-state index < -0.39 is 0 Å². The van der Waals surface area contributed by atoms with E-state index in [1.54, 1.807) is 7.11 Å². The van der Waals surface area contributed by atoms with Gasteiger partial charge in [0.25, 0.3) is 0 Å². The van der Waals surface area contributed by atoms with Gasteiger partial charge in [0.05, 0.1) is 7.11 Å². The molecule has 0 aliphatic rings. The number of rotatable bonds is 7. The lowest BCUT2D eigenvalue weighted by molar-refractivity contribution is 0.224. The number of methoxy groups -OCH3 is 1. The van der Waals surface area contributed by atoms with Crippen molar-refractivity contribution in [2.75, 3.05) is 13.7 Å². The fourth-order valence-corrected chi connectivity index (χ4v) is 3.46. The molecule has 2 aromatic rings. The summed E-state index contributed by atoms with van der Waals surface area (Å²) < 4.78 is 5.38. The summed E-state index contributed by atoms with van der Waals surface area (Å²) in [5, 5.41) is 9.64. The van der Waals surface area contributed by atoms with Gasteiger partial charge in [-0.25, -0.2) is 0 Å². The van der Waals surface area contributed by atoms with Crippen LogP contribution in [0.5, 0.6) is 5.75 Å². The number of hydrogen-bond donors (Lipinski definition) is 1. The Hall–Kier alpha value is -1.32. The van der Waals surface area contributed by atoms with Crippen molar-refractivity contribution in [1.82, 2.24) is 0 Å². The third-order valence-electron chi connectivity index (χ3n) is 3.51. The van der Waals surface area contributed by atoms with Gasteiger partial charge in [-0.15, -0.1) is 11.3 Å². The molecular formula is C17H22O2S. The first-order chi connectivity index (χ1) is 9.76. The van der Waals surface area contributed by atoms with E-state index >= 15 is 0 Å². The lowest BCUT2D eigenvalue weighted by Gasteiger charge is -2.15. The molecule has 0 aliphatic carbocycles. The third-order valence-corrected chi connectivity index (χ3v) is 4.77. The first-order valence-electron chi connectivity index (χ1n) is 7.07. The molecule has 108 valence electrons. The number of hydrogen-bond acceptors (Lipinski definition) is 3. The Balaban J connectivity index is 2.05. The van der Waals surface area contributed by atoms with Crippen LogP contribution in [0.4, 0.5) is 0 Å². The molecule has 0 saturated heterocycles. The molecular weight excluding hydrogens is 268 g/mol. The SMILES string of the molecule is CCc1ccc(CC(CO)Cc2ccccc2OC)s1. The van der Waals surface area contributed by atoms with Crippen molar-refractivity contribution in [2.24, 2.45) is 5.92 Å². The van der Waals surface area contributed by atoms with Crippen LogP contribution in [0.3, 0.4) is 0 Å². The van der Waals surface area contributed by atoms with E-state index in [0.717, 1.165) is 25.0 Å². The van der Waals surface area contributed by atoms with E-state index in [-0.39, 0.29) is 12.5 Å². The van der Waals surface area contributed by atoms with Gasteiger partial charge < -0.3 is 9.84 Å². The number of thiophene rings is 1. The molecule has 2 rings (SSSR count). The minimum absolute atomic E-state index is 0.206. The number of aliphatic hydroxyl groups excluding tert-OH is 1. The smallest absolute Gasteiger partial charge is 0.122 e. The quantitative estimate of drug-likeness (QED) is 0.842. The highest BCUT2D eigenvalue weighted by molar-refractivity contribution is 7.11. The molecule has 0 radical (unpaired) electrons. The molecule has 1 heterocycles. The monoisotopic (exact) mass is 290 g/mol. The molecule has 20 heavy (non-hydrogen) atoms. The van der Waals surface area contributed by atoms with E-state index in [4.69, 9.17) is 4.74 Å². The van der Waals surface area contributed by atoms with E-state index in [2.05, 4.69) is 25.1 Å². The molecule has 0 bridgehead atoms. The summed E-state index contributed by atoms with van der Waals surface area (Å²) in [4.78, 5) is 2.77. The highest BCUT2D eigenvalue weighted by atomic mass is 32.1. The maximum Gasteiger partial charge on any atom is 0.122 e. The standard InChI is InChI=1S/C17H22O2S/c1-3-15-8-9-16(20-15)11-13(12-18)10-14-6-4-5-7-17(14)19-2/h4-9,13,18H,3,10-12H2,1-2H3. The molecule has 1 aromatic heterocycles. The van der Waals surface area contributed by atoms with E-state index in [1.165, 1.54) is 15.3 Å². The normalized spacial score (nSPS) is 12.3. The van der Waals surface area contributed by atoms with Gasteiger partial charge in [0.2, 0.25) is 0 Å². The second-order valence-electron chi connectivity index (χ2n) is 4.99. The summed E-state index contributed by atoms with van der Waals surface area (Å²) >= 11 is 1.85. The lowest BCUT2D eigenvalue weighted by Crippen LogP contribution is -2.12. The van der Waals surface area contributed by atoms with Crippen molar-refractivity contribution in [3.8, 4) is 5.75 Å². The molecule has 1 unspecified atom stereocenters. The average molecular weight is 290 g/mol. The van der Waals surface area contributed by atoms with E-state index in [1.807, 2.05) is 29.5 Å². The van der Waals surface area contributed by atoms with Crippen LogP contribution in [-0.4, -0.2) is 18.8 Å². The van der Waals surface area contributed by atoms with Crippen LogP contribution in [0.25, 0.3) is 0 Å². The number of para-hydroxylation sites is 1. The van der Waals surface area contributed by atoms with Crippen LogP contribution in [0.1, 0.15) is 22.2 Å². The van der Waals surface area contributed by atoms with Crippen LogP contribution in [0.2, 0.25) is 0 Å². The van der Waals surface area contributed by atoms with Gasteiger partial charge in [0.15, 0.2) is 0 Å². The van der Waals surface area contributed by atoms with Crippen molar-refractivity contribution < 1.29 is 9.84 Å². The second-order valence-corrected chi connectivity index (χ2v) is 6.24. The van der Waals surface area contributed by atoms with Crippen LogP contribution in [-0.2, 0) is 19.3 Å².